The summed E-state index contributed by atoms with van der Waals surface area (Å²) in [7, 11) is 0. The van der Waals surface area contributed by atoms with E-state index in [-0.39, 0.29) is 5.91 Å². The van der Waals surface area contributed by atoms with Gasteiger partial charge in [0.2, 0.25) is 5.91 Å². The highest BCUT2D eigenvalue weighted by molar-refractivity contribution is 5.79. The summed E-state index contributed by atoms with van der Waals surface area (Å²) in [6.45, 7) is 4.29. The zero-order valence-corrected chi connectivity index (χ0v) is 12.7. The summed E-state index contributed by atoms with van der Waals surface area (Å²) in [6, 6.07) is 10.5. The molecule has 1 amide bonds. The van der Waals surface area contributed by atoms with E-state index in [1.165, 1.54) is 10.9 Å². The van der Waals surface area contributed by atoms with Gasteiger partial charge in [-0.25, -0.2) is 0 Å². The second-order valence-electron chi connectivity index (χ2n) is 5.49. The monoisotopic (exact) mass is 287 g/mol. The Morgan fingerprint density at radius 1 is 1.33 bits per heavy atom. The number of amides is 1. The molecule has 2 rings (SSSR count). The van der Waals surface area contributed by atoms with Crippen LogP contribution < -0.4 is 11.1 Å². The lowest BCUT2D eigenvalue weighted by molar-refractivity contribution is -0.122. The lowest BCUT2D eigenvalue weighted by atomic mass is 10.0. The van der Waals surface area contributed by atoms with Crippen molar-refractivity contribution in [1.29, 1.82) is 0 Å². The molecular formula is C17H25N3O. The minimum atomic E-state index is 0.115. The minimum Gasteiger partial charge on any atom is -0.356 e. The van der Waals surface area contributed by atoms with Crippen molar-refractivity contribution in [3.63, 3.8) is 0 Å². The fraction of sp³-hybridized carbons (Fsp3) is 0.471. The van der Waals surface area contributed by atoms with Gasteiger partial charge in [-0.15, -0.1) is 0 Å². The molecule has 4 nitrogen and oxygen atoms in total. The summed E-state index contributed by atoms with van der Waals surface area (Å²) in [5.41, 5.74) is 6.87. The number of aryl methyl sites for hydroxylation is 1. The molecule has 0 fully saturated rings. The normalized spacial score (nSPS) is 12.5. The molecular weight excluding hydrogens is 262 g/mol. The Kier molecular flexibility index (Phi) is 5.81. The predicted molar refractivity (Wildman–Crippen MR) is 87.0 cm³/mol. The van der Waals surface area contributed by atoms with Crippen molar-refractivity contribution in [2.24, 2.45) is 11.7 Å². The van der Waals surface area contributed by atoms with Crippen molar-refractivity contribution < 1.29 is 4.79 Å². The Morgan fingerprint density at radius 3 is 2.90 bits per heavy atom. The second kappa shape index (κ2) is 7.84. The van der Waals surface area contributed by atoms with Gasteiger partial charge in [0, 0.05) is 31.2 Å². The fourth-order valence-electron chi connectivity index (χ4n) is 2.54. The van der Waals surface area contributed by atoms with Gasteiger partial charge in [-0.1, -0.05) is 31.5 Å². The number of nitrogens with one attached hydrogen (secondary N) is 1. The number of benzene rings is 1. The van der Waals surface area contributed by atoms with Gasteiger partial charge in [0.15, 0.2) is 0 Å². The van der Waals surface area contributed by atoms with Crippen molar-refractivity contribution in [2.75, 3.05) is 13.1 Å². The maximum absolute atomic E-state index is 11.8. The maximum atomic E-state index is 11.8. The molecule has 4 heteroatoms. The van der Waals surface area contributed by atoms with E-state index in [0.717, 1.165) is 19.4 Å². The minimum absolute atomic E-state index is 0.115. The molecule has 0 bridgehead atoms. The van der Waals surface area contributed by atoms with Gasteiger partial charge in [0.05, 0.1) is 0 Å². The number of rotatable bonds is 8. The van der Waals surface area contributed by atoms with E-state index in [0.29, 0.717) is 25.4 Å². The van der Waals surface area contributed by atoms with Gasteiger partial charge < -0.3 is 15.6 Å². The molecule has 3 N–H and O–H groups in total. The summed E-state index contributed by atoms with van der Waals surface area (Å²) in [4.78, 5) is 11.8. The van der Waals surface area contributed by atoms with Gasteiger partial charge >= 0.3 is 0 Å². The number of carbonyl (C=O) groups is 1. The number of fused-ring (bicyclic) bond motifs is 1. The summed E-state index contributed by atoms with van der Waals surface area (Å²) >= 11 is 0. The SMILES string of the molecule is CCC(CN)CC(=O)NCCCn1ccc2ccccc21. The first-order chi connectivity index (χ1) is 10.2. The number of para-hydroxylation sites is 1. The summed E-state index contributed by atoms with van der Waals surface area (Å²) in [6.07, 6.45) is 4.54. The van der Waals surface area contributed by atoms with E-state index in [9.17, 15) is 4.79 Å². The molecule has 21 heavy (non-hydrogen) atoms. The largest absolute Gasteiger partial charge is 0.356 e. The second-order valence-corrected chi connectivity index (χ2v) is 5.49. The summed E-state index contributed by atoms with van der Waals surface area (Å²) in [5, 5.41) is 4.24. The van der Waals surface area contributed by atoms with Crippen LogP contribution in [0.2, 0.25) is 0 Å². The first kappa shape index (κ1) is 15.6. The smallest absolute Gasteiger partial charge is 0.220 e. The van der Waals surface area contributed by atoms with Crippen molar-refractivity contribution >= 4 is 16.8 Å². The standard InChI is InChI=1S/C17H25N3O/c1-2-14(13-18)12-17(21)19-9-5-10-20-11-8-15-6-3-4-7-16(15)20/h3-4,6-8,11,14H,2,5,9-10,12-13,18H2,1H3,(H,19,21). The van der Waals surface area contributed by atoms with Crippen LogP contribution in [0.25, 0.3) is 10.9 Å². The van der Waals surface area contributed by atoms with Crippen molar-refractivity contribution in [1.82, 2.24) is 9.88 Å². The van der Waals surface area contributed by atoms with E-state index < -0.39 is 0 Å². The molecule has 1 unspecified atom stereocenters. The van der Waals surface area contributed by atoms with Gasteiger partial charge in [0.1, 0.15) is 0 Å². The van der Waals surface area contributed by atoms with Gasteiger partial charge in [-0.05, 0) is 36.4 Å². The molecule has 1 aromatic carbocycles. The van der Waals surface area contributed by atoms with Crippen LogP contribution in [0, 0.1) is 5.92 Å². The average molecular weight is 287 g/mol. The molecule has 2 aromatic rings. The van der Waals surface area contributed by atoms with E-state index in [2.05, 4.69) is 53.3 Å². The van der Waals surface area contributed by atoms with Crippen LogP contribution in [0.3, 0.4) is 0 Å². The number of hydrogen-bond acceptors (Lipinski definition) is 2. The number of nitrogens with two attached hydrogens (primary N) is 1. The highest BCUT2D eigenvalue weighted by Gasteiger charge is 2.09. The number of carbonyl (C=O) groups excluding carboxylic acids is 1. The van der Waals surface area contributed by atoms with E-state index >= 15 is 0 Å². The molecule has 0 saturated carbocycles. The zero-order valence-electron chi connectivity index (χ0n) is 12.7. The first-order valence-electron chi connectivity index (χ1n) is 7.75. The van der Waals surface area contributed by atoms with Gasteiger partial charge in [-0.2, -0.15) is 0 Å². The summed E-state index contributed by atoms with van der Waals surface area (Å²) < 4.78 is 2.23. The Hall–Kier alpha value is -1.81. The lowest BCUT2D eigenvalue weighted by Gasteiger charge is -2.12. The Labute approximate surface area is 126 Å². The Balaban J connectivity index is 1.73. The average Bonchev–Trinajstić information content (AvgIpc) is 2.92. The molecule has 0 aliphatic heterocycles. The van der Waals surface area contributed by atoms with Gasteiger partial charge in [-0.3, -0.25) is 4.79 Å². The Bertz CT molecular complexity index is 572. The molecule has 1 aromatic heterocycles. The highest BCUT2D eigenvalue weighted by atomic mass is 16.1. The topological polar surface area (TPSA) is 60.1 Å². The van der Waals surface area contributed by atoms with Crippen molar-refractivity contribution in [2.45, 2.75) is 32.7 Å². The Morgan fingerprint density at radius 2 is 2.14 bits per heavy atom. The van der Waals surface area contributed by atoms with Crippen LogP contribution in [0.15, 0.2) is 36.5 Å². The first-order valence-corrected chi connectivity index (χ1v) is 7.75. The van der Waals surface area contributed by atoms with Crippen LogP contribution in [0.5, 0.6) is 0 Å². The third-order valence-corrected chi connectivity index (χ3v) is 3.96. The van der Waals surface area contributed by atoms with Crippen molar-refractivity contribution in [3.05, 3.63) is 36.5 Å². The van der Waals surface area contributed by atoms with E-state index in [1.807, 2.05) is 0 Å². The molecule has 0 spiro atoms. The quantitative estimate of drug-likeness (QED) is 0.733. The molecule has 0 aliphatic rings. The predicted octanol–water partition coefficient (Wildman–Crippen LogP) is 2.52. The van der Waals surface area contributed by atoms with Gasteiger partial charge in [0.25, 0.3) is 0 Å². The highest BCUT2D eigenvalue weighted by Crippen LogP contribution is 2.15. The molecule has 114 valence electrons. The molecule has 0 radical (unpaired) electrons. The van der Waals surface area contributed by atoms with Crippen molar-refractivity contribution in [3.8, 4) is 0 Å². The number of aromatic nitrogens is 1. The van der Waals surface area contributed by atoms with E-state index in [1.54, 1.807) is 0 Å². The van der Waals surface area contributed by atoms with E-state index in [4.69, 9.17) is 5.73 Å². The molecule has 0 aliphatic carbocycles. The van der Waals surface area contributed by atoms with Crippen LogP contribution in [-0.4, -0.2) is 23.6 Å². The molecule has 0 saturated heterocycles. The zero-order chi connectivity index (χ0) is 15.1. The third kappa shape index (κ3) is 4.33. The number of hydrogen-bond donors (Lipinski definition) is 2. The molecule has 1 heterocycles. The number of nitrogens with zero attached hydrogens (tertiary/aromatic N) is 1. The van der Waals surface area contributed by atoms with Crippen LogP contribution in [0.4, 0.5) is 0 Å². The van der Waals surface area contributed by atoms with Crippen LogP contribution in [-0.2, 0) is 11.3 Å². The summed E-state index contributed by atoms with van der Waals surface area (Å²) in [5.74, 6) is 0.419. The fourth-order valence-corrected chi connectivity index (χ4v) is 2.54. The molecule has 1 atom stereocenters. The van der Waals surface area contributed by atoms with Crippen LogP contribution in [0.1, 0.15) is 26.2 Å². The third-order valence-electron chi connectivity index (χ3n) is 3.96. The maximum Gasteiger partial charge on any atom is 0.220 e. The lowest BCUT2D eigenvalue weighted by Crippen LogP contribution is -2.29. The van der Waals surface area contributed by atoms with Crippen LogP contribution >= 0.6 is 0 Å².